The molecule has 0 aliphatic carbocycles. The zero-order chi connectivity index (χ0) is 13.9. The van der Waals surface area contributed by atoms with E-state index in [1.54, 1.807) is 6.20 Å². The van der Waals surface area contributed by atoms with Gasteiger partial charge in [0, 0.05) is 6.26 Å². The van der Waals surface area contributed by atoms with Gasteiger partial charge in [0.25, 0.3) is 0 Å². The highest BCUT2D eigenvalue weighted by atomic mass is 32.2. The molecule has 0 aliphatic heterocycles. The first kappa shape index (κ1) is 13.8. The van der Waals surface area contributed by atoms with E-state index in [4.69, 9.17) is 5.73 Å². The van der Waals surface area contributed by atoms with Crippen molar-refractivity contribution in [3.05, 3.63) is 42.4 Å². The molecule has 5 nitrogen and oxygen atoms in total. The summed E-state index contributed by atoms with van der Waals surface area (Å²) in [4.78, 5) is 7.35. The smallest absolute Gasteiger partial charge is 0.147 e. The van der Waals surface area contributed by atoms with Crippen LogP contribution in [0.3, 0.4) is 0 Å². The number of imidazole rings is 1. The molecule has 19 heavy (non-hydrogen) atoms. The molecule has 0 spiro atoms. The molecule has 1 aromatic carbocycles. The molecule has 0 saturated heterocycles. The molecule has 1 aromatic heterocycles. The van der Waals surface area contributed by atoms with Crippen LogP contribution in [-0.4, -0.2) is 30.4 Å². The van der Waals surface area contributed by atoms with Gasteiger partial charge in [0.2, 0.25) is 0 Å². The Morgan fingerprint density at radius 3 is 2.63 bits per heavy atom. The summed E-state index contributed by atoms with van der Waals surface area (Å²) in [6.45, 7) is 0. The fraction of sp³-hybridized carbons (Fsp3) is 0.308. The van der Waals surface area contributed by atoms with E-state index in [9.17, 15) is 8.42 Å². The minimum atomic E-state index is -2.99. The molecule has 0 aliphatic rings. The molecule has 1 heterocycles. The van der Waals surface area contributed by atoms with Gasteiger partial charge in [-0.15, -0.1) is 0 Å². The van der Waals surface area contributed by atoms with Crippen LogP contribution in [0, 0.1) is 0 Å². The first-order valence-corrected chi connectivity index (χ1v) is 8.05. The molecule has 0 saturated carbocycles. The fourth-order valence-corrected chi connectivity index (χ4v) is 2.45. The van der Waals surface area contributed by atoms with Gasteiger partial charge in [-0.1, -0.05) is 30.3 Å². The van der Waals surface area contributed by atoms with Crippen LogP contribution in [0.2, 0.25) is 0 Å². The number of aromatic amines is 1. The van der Waals surface area contributed by atoms with Crippen molar-refractivity contribution in [2.75, 3.05) is 12.0 Å². The molecule has 2 rings (SSSR count). The van der Waals surface area contributed by atoms with Gasteiger partial charge in [-0.2, -0.15) is 0 Å². The number of rotatable bonds is 5. The van der Waals surface area contributed by atoms with Crippen molar-refractivity contribution in [1.82, 2.24) is 9.97 Å². The topological polar surface area (TPSA) is 88.8 Å². The minimum absolute atomic E-state index is 0.0650. The molecule has 3 N–H and O–H groups in total. The Morgan fingerprint density at radius 2 is 2.00 bits per heavy atom. The van der Waals surface area contributed by atoms with Gasteiger partial charge in [0.1, 0.15) is 15.7 Å². The highest BCUT2D eigenvalue weighted by Crippen LogP contribution is 2.19. The third-order valence-corrected chi connectivity index (χ3v) is 3.81. The van der Waals surface area contributed by atoms with Crippen molar-refractivity contribution in [2.24, 2.45) is 5.73 Å². The lowest BCUT2D eigenvalue weighted by Gasteiger charge is -2.07. The van der Waals surface area contributed by atoms with E-state index >= 15 is 0 Å². The molecule has 0 radical (unpaired) electrons. The summed E-state index contributed by atoms with van der Waals surface area (Å²) in [5.74, 6) is 0.678. The van der Waals surface area contributed by atoms with Gasteiger partial charge in [-0.25, -0.2) is 13.4 Å². The van der Waals surface area contributed by atoms with Crippen LogP contribution >= 0.6 is 0 Å². The average Bonchev–Trinajstić information content (AvgIpc) is 2.86. The summed E-state index contributed by atoms with van der Waals surface area (Å²) in [7, 11) is -2.99. The molecule has 0 fully saturated rings. The van der Waals surface area contributed by atoms with E-state index in [0.717, 1.165) is 11.3 Å². The zero-order valence-corrected chi connectivity index (χ0v) is 11.5. The third-order valence-electron chi connectivity index (χ3n) is 2.83. The first-order valence-electron chi connectivity index (χ1n) is 5.99. The number of benzene rings is 1. The second-order valence-corrected chi connectivity index (χ2v) is 6.83. The number of hydrogen-bond acceptors (Lipinski definition) is 4. The molecule has 102 valence electrons. The van der Waals surface area contributed by atoms with Crippen LogP contribution in [0.4, 0.5) is 0 Å². The summed E-state index contributed by atoms with van der Waals surface area (Å²) < 4.78 is 22.2. The van der Waals surface area contributed by atoms with E-state index in [2.05, 4.69) is 9.97 Å². The Bertz CT molecular complexity index is 635. The van der Waals surface area contributed by atoms with Crippen LogP contribution in [0.5, 0.6) is 0 Å². The van der Waals surface area contributed by atoms with Crippen molar-refractivity contribution in [3.8, 4) is 11.3 Å². The van der Waals surface area contributed by atoms with E-state index in [0.29, 0.717) is 12.2 Å². The highest BCUT2D eigenvalue weighted by Gasteiger charge is 2.13. The van der Waals surface area contributed by atoms with Crippen LogP contribution < -0.4 is 5.73 Å². The van der Waals surface area contributed by atoms with Crippen molar-refractivity contribution in [2.45, 2.75) is 12.5 Å². The normalized spacial score (nSPS) is 13.4. The summed E-state index contributed by atoms with van der Waals surface area (Å²) in [5, 5.41) is 0. The molecule has 1 atom stereocenters. The largest absolute Gasteiger partial charge is 0.341 e. The molecule has 2 aromatic rings. The lowest BCUT2D eigenvalue weighted by Crippen LogP contribution is -2.16. The average molecular weight is 279 g/mol. The molecule has 1 unspecified atom stereocenters. The second kappa shape index (κ2) is 5.54. The van der Waals surface area contributed by atoms with Crippen LogP contribution in [0.25, 0.3) is 11.3 Å². The molecular weight excluding hydrogens is 262 g/mol. The van der Waals surface area contributed by atoms with Crippen molar-refractivity contribution >= 4 is 9.84 Å². The molecule has 0 bridgehead atoms. The molecular formula is C13H17N3O2S. The number of nitrogens with zero attached hydrogens (tertiary/aromatic N) is 1. The minimum Gasteiger partial charge on any atom is -0.341 e. The summed E-state index contributed by atoms with van der Waals surface area (Å²) >= 11 is 0. The Balaban J connectivity index is 2.09. The van der Waals surface area contributed by atoms with Gasteiger partial charge >= 0.3 is 0 Å². The Labute approximate surface area is 112 Å². The molecule has 6 heteroatoms. The third kappa shape index (κ3) is 3.90. The summed E-state index contributed by atoms with van der Waals surface area (Å²) in [5.41, 5.74) is 7.84. The van der Waals surface area contributed by atoms with Crippen molar-refractivity contribution < 1.29 is 8.42 Å². The maximum Gasteiger partial charge on any atom is 0.147 e. The standard InChI is InChI=1S/C13H17N3O2S/c1-19(17,18)8-7-11(14)13-15-9-12(16-13)10-5-3-2-4-6-10/h2-6,9,11H,7-8,14H2,1H3,(H,15,16). The second-order valence-electron chi connectivity index (χ2n) is 4.57. The van der Waals surface area contributed by atoms with E-state index < -0.39 is 15.9 Å². The van der Waals surface area contributed by atoms with E-state index in [1.165, 1.54) is 6.26 Å². The predicted octanol–water partition coefficient (Wildman–Crippen LogP) is 1.51. The number of hydrogen-bond donors (Lipinski definition) is 2. The maximum absolute atomic E-state index is 11.1. The monoisotopic (exact) mass is 279 g/mol. The van der Waals surface area contributed by atoms with Crippen molar-refractivity contribution in [1.29, 1.82) is 0 Å². The fourth-order valence-electron chi connectivity index (χ4n) is 1.77. The predicted molar refractivity (Wildman–Crippen MR) is 75.3 cm³/mol. The molecule has 0 amide bonds. The highest BCUT2D eigenvalue weighted by molar-refractivity contribution is 7.90. The Kier molecular flexibility index (Phi) is 4.01. The summed E-state index contributed by atoms with van der Waals surface area (Å²) in [6, 6.07) is 9.38. The Morgan fingerprint density at radius 1 is 1.32 bits per heavy atom. The van der Waals surface area contributed by atoms with E-state index in [1.807, 2.05) is 30.3 Å². The quantitative estimate of drug-likeness (QED) is 0.868. The Hall–Kier alpha value is -1.66. The number of nitrogens with one attached hydrogen (secondary N) is 1. The zero-order valence-electron chi connectivity index (χ0n) is 10.7. The number of H-pyrrole nitrogens is 1. The van der Waals surface area contributed by atoms with Gasteiger partial charge in [-0.3, -0.25) is 0 Å². The van der Waals surface area contributed by atoms with E-state index in [-0.39, 0.29) is 5.75 Å². The first-order chi connectivity index (χ1) is 8.96. The van der Waals surface area contributed by atoms with Crippen LogP contribution in [0.15, 0.2) is 36.5 Å². The van der Waals surface area contributed by atoms with Crippen molar-refractivity contribution in [3.63, 3.8) is 0 Å². The lowest BCUT2D eigenvalue weighted by atomic mass is 10.2. The number of nitrogens with two attached hydrogens (primary N) is 1. The van der Waals surface area contributed by atoms with Gasteiger partial charge in [-0.05, 0) is 12.0 Å². The lowest BCUT2D eigenvalue weighted by molar-refractivity contribution is 0.588. The van der Waals surface area contributed by atoms with Crippen LogP contribution in [0.1, 0.15) is 18.3 Å². The maximum atomic E-state index is 11.1. The number of sulfone groups is 1. The van der Waals surface area contributed by atoms with Crippen LogP contribution in [-0.2, 0) is 9.84 Å². The summed E-state index contributed by atoms with van der Waals surface area (Å²) in [6.07, 6.45) is 3.28. The van der Waals surface area contributed by atoms with Gasteiger partial charge < -0.3 is 10.7 Å². The SMILES string of the molecule is CS(=O)(=O)CCC(N)c1ncc(-c2ccccc2)[nH]1. The van der Waals surface area contributed by atoms with Gasteiger partial charge in [0.05, 0.1) is 23.7 Å². The number of aromatic nitrogens is 2. The van der Waals surface area contributed by atoms with Gasteiger partial charge in [0.15, 0.2) is 0 Å².